The van der Waals surface area contributed by atoms with E-state index in [9.17, 15) is 9.18 Å². The van der Waals surface area contributed by atoms with Gasteiger partial charge in [0.2, 0.25) is 0 Å². The van der Waals surface area contributed by atoms with Gasteiger partial charge in [-0.15, -0.1) is 0 Å². The van der Waals surface area contributed by atoms with Crippen molar-refractivity contribution in [2.24, 2.45) is 5.92 Å². The molecule has 0 bridgehead atoms. The predicted molar refractivity (Wildman–Crippen MR) is 101 cm³/mol. The fourth-order valence-corrected chi connectivity index (χ4v) is 3.74. The van der Waals surface area contributed by atoms with Crippen molar-refractivity contribution in [3.63, 3.8) is 0 Å². The zero-order chi connectivity index (χ0) is 19.1. The van der Waals surface area contributed by atoms with Crippen LogP contribution in [0, 0.1) is 11.7 Å². The molecule has 7 heteroatoms. The number of halogens is 1. The molecule has 0 spiro atoms. The Labute approximate surface area is 160 Å². The van der Waals surface area contributed by atoms with Gasteiger partial charge in [-0.05, 0) is 31.0 Å². The molecule has 0 saturated carbocycles. The van der Waals surface area contributed by atoms with E-state index in [2.05, 4.69) is 10.2 Å². The maximum atomic E-state index is 13.7. The summed E-state index contributed by atoms with van der Waals surface area (Å²) < 4.78 is 24.6. The molecule has 0 aliphatic carbocycles. The molecule has 2 amide bonds. The number of rotatable bonds is 7. The molecule has 3 rings (SSSR count). The van der Waals surface area contributed by atoms with Gasteiger partial charge in [0.1, 0.15) is 6.10 Å². The van der Waals surface area contributed by atoms with Gasteiger partial charge in [-0.3, -0.25) is 0 Å². The topological polar surface area (TPSA) is 54.0 Å². The van der Waals surface area contributed by atoms with Crippen LogP contribution in [0.2, 0.25) is 0 Å². The normalized spacial score (nSPS) is 21.4. The van der Waals surface area contributed by atoms with E-state index in [1.807, 2.05) is 4.90 Å². The lowest BCUT2D eigenvalue weighted by molar-refractivity contribution is 0.107. The molecule has 2 aliphatic rings. The number of hydrogen-bond acceptors (Lipinski definition) is 4. The number of amides is 2. The Morgan fingerprint density at radius 1 is 1.22 bits per heavy atom. The predicted octanol–water partition coefficient (Wildman–Crippen LogP) is 2.35. The van der Waals surface area contributed by atoms with Gasteiger partial charge >= 0.3 is 6.03 Å². The summed E-state index contributed by atoms with van der Waals surface area (Å²) in [4.78, 5) is 16.6. The van der Waals surface area contributed by atoms with Crippen LogP contribution < -0.4 is 10.1 Å². The summed E-state index contributed by atoms with van der Waals surface area (Å²) in [5, 5.41) is 3.07. The Bertz CT molecular complexity index is 608. The number of carbonyl (C=O) groups is 1. The van der Waals surface area contributed by atoms with Crippen molar-refractivity contribution in [2.45, 2.75) is 25.4 Å². The van der Waals surface area contributed by atoms with Gasteiger partial charge in [0.15, 0.2) is 11.6 Å². The highest BCUT2D eigenvalue weighted by Gasteiger charge is 2.26. The maximum Gasteiger partial charge on any atom is 0.317 e. The lowest BCUT2D eigenvalue weighted by atomic mass is 10.1. The van der Waals surface area contributed by atoms with Crippen molar-refractivity contribution in [1.29, 1.82) is 0 Å². The molecule has 27 heavy (non-hydrogen) atoms. The van der Waals surface area contributed by atoms with Gasteiger partial charge in [-0.1, -0.05) is 12.1 Å². The first-order chi connectivity index (χ1) is 13.2. The standard InChI is InChI=1S/C20H30FN3O3/c1-26-13-12-23-9-6-16(15-23)14-22-20(25)24-10-7-17(8-11-24)27-19-5-3-2-4-18(19)21/h2-5,16-17H,6-15H2,1H3,(H,22,25)/t16-/m0/s1. The van der Waals surface area contributed by atoms with Gasteiger partial charge in [0.05, 0.1) is 6.61 Å². The van der Waals surface area contributed by atoms with Crippen LogP contribution in [0.4, 0.5) is 9.18 Å². The third kappa shape index (κ3) is 5.81. The number of nitrogens with zero attached hydrogens (tertiary/aromatic N) is 2. The van der Waals surface area contributed by atoms with Crippen molar-refractivity contribution in [1.82, 2.24) is 15.1 Å². The second kappa shape index (κ2) is 9.90. The van der Waals surface area contributed by atoms with E-state index in [1.165, 1.54) is 6.07 Å². The first-order valence-electron chi connectivity index (χ1n) is 9.81. The Morgan fingerprint density at radius 3 is 2.74 bits per heavy atom. The van der Waals surface area contributed by atoms with Crippen LogP contribution in [0.5, 0.6) is 5.75 Å². The highest BCUT2D eigenvalue weighted by molar-refractivity contribution is 5.74. The third-order valence-electron chi connectivity index (χ3n) is 5.38. The minimum atomic E-state index is -0.339. The van der Waals surface area contributed by atoms with E-state index in [0.717, 1.165) is 45.5 Å². The quantitative estimate of drug-likeness (QED) is 0.790. The van der Waals surface area contributed by atoms with Crippen molar-refractivity contribution in [3.8, 4) is 5.75 Å². The first-order valence-corrected chi connectivity index (χ1v) is 9.81. The third-order valence-corrected chi connectivity index (χ3v) is 5.38. The molecular formula is C20H30FN3O3. The number of urea groups is 1. The second-order valence-corrected chi connectivity index (χ2v) is 7.37. The highest BCUT2D eigenvalue weighted by Crippen LogP contribution is 2.22. The molecule has 0 radical (unpaired) electrons. The molecule has 2 aliphatic heterocycles. The van der Waals surface area contributed by atoms with Crippen LogP contribution in [0.15, 0.2) is 24.3 Å². The van der Waals surface area contributed by atoms with E-state index < -0.39 is 0 Å². The van der Waals surface area contributed by atoms with Crippen LogP contribution in [-0.4, -0.2) is 74.9 Å². The van der Waals surface area contributed by atoms with Crippen LogP contribution in [0.25, 0.3) is 0 Å². The fraction of sp³-hybridized carbons (Fsp3) is 0.650. The monoisotopic (exact) mass is 379 g/mol. The van der Waals surface area contributed by atoms with Gasteiger partial charge < -0.3 is 24.6 Å². The van der Waals surface area contributed by atoms with E-state index in [1.54, 1.807) is 25.3 Å². The molecule has 0 aromatic heterocycles. The Balaban J connectivity index is 1.35. The Morgan fingerprint density at radius 2 is 2.00 bits per heavy atom. The summed E-state index contributed by atoms with van der Waals surface area (Å²) in [7, 11) is 1.72. The molecule has 2 heterocycles. The molecule has 6 nitrogen and oxygen atoms in total. The van der Waals surface area contributed by atoms with Crippen molar-refractivity contribution < 1.29 is 18.7 Å². The van der Waals surface area contributed by atoms with Gasteiger partial charge in [0.25, 0.3) is 0 Å². The van der Waals surface area contributed by atoms with Crippen LogP contribution in [-0.2, 0) is 4.74 Å². The molecule has 2 fully saturated rings. The molecule has 1 N–H and O–H groups in total. The maximum absolute atomic E-state index is 13.7. The Hall–Kier alpha value is -1.86. The lowest BCUT2D eigenvalue weighted by Gasteiger charge is -2.32. The molecule has 1 aromatic carbocycles. The average Bonchev–Trinajstić information content (AvgIpc) is 3.15. The molecule has 0 unspecified atom stereocenters. The van der Waals surface area contributed by atoms with E-state index in [-0.39, 0.29) is 18.0 Å². The number of methoxy groups -OCH3 is 1. The first kappa shape index (κ1) is 19.9. The summed E-state index contributed by atoms with van der Waals surface area (Å²) in [5.41, 5.74) is 0. The number of ether oxygens (including phenoxy) is 2. The minimum absolute atomic E-state index is 0.00492. The molecule has 150 valence electrons. The SMILES string of the molecule is COCCN1CC[C@@H](CNC(=O)N2CCC(Oc3ccccc3F)CC2)C1. The molecule has 2 saturated heterocycles. The zero-order valence-electron chi connectivity index (χ0n) is 16.0. The van der Waals surface area contributed by atoms with E-state index in [4.69, 9.17) is 9.47 Å². The number of piperidine rings is 1. The summed E-state index contributed by atoms with van der Waals surface area (Å²) in [6, 6.07) is 6.45. The van der Waals surface area contributed by atoms with Gasteiger partial charge in [0, 0.05) is 52.7 Å². The van der Waals surface area contributed by atoms with E-state index >= 15 is 0 Å². The van der Waals surface area contributed by atoms with Crippen molar-refractivity contribution in [2.75, 3.05) is 53.0 Å². The number of benzene rings is 1. The number of likely N-dealkylation sites (tertiary alicyclic amines) is 2. The lowest BCUT2D eigenvalue weighted by Crippen LogP contribution is -2.47. The number of hydrogen-bond donors (Lipinski definition) is 1. The fourth-order valence-electron chi connectivity index (χ4n) is 3.74. The average molecular weight is 379 g/mol. The summed E-state index contributed by atoms with van der Waals surface area (Å²) in [6.07, 6.45) is 2.50. The summed E-state index contributed by atoms with van der Waals surface area (Å²) in [5.74, 6) is 0.459. The van der Waals surface area contributed by atoms with Crippen LogP contribution >= 0.6 is 0 Å². The largest absolute Gasteiger partial charge is 0.487 e. The summed E-state index contributed by atoms with van der Waals surface area (Å²) in [6.45, 7) is 5.78. The number of para-hydroxylation sites is 1. The van der Waals surface area contributed by atoms with Crippen molar-refractivity contribution in [3.05, 3.63) is 30.1 Å². The number of nitrogens with one attached hydrogen (secondary N) is 1. The molecule has 1 aromatic rings. The van der Waals surface area contributed by atoms with Gasteiger partial charge in [-0.2, -0.15) is 0 Å². The molecular weight excluding hydrogens is 349 g/mol. The molecule has 1 atom stereocenters. The van der Waals surface area contributed by atoms with Crippen LogP contribution in [0.1, 0.15) is 19.3 Å². The number of carbonyl (C=O) groups excluding carboxylic acids is 1. The Kier molecular flexibility index (Phi) is 7.29. The van der Waals surface area contributed by atoms with E-state index in [0.29, 0.717) is 31.3 Å². The van der Waals surface area contributed by atoms with Crippen LogP contribution in [0.3, 0.4) is 0 Å². The minimum Gasteiger partial charge on any atom is -0.487 e. The highest BCUT2D eigenvalue weighted by atomic mass is 19.1. The zero-order valence-corrected chi connectivity index (χ0v) is 16.0. The van der Waals surface area contributed by atoms with Gasteiger partial charge in [-0.25, -0.2) is 9.18 Å². The summed E-state index contributed by atoms with van der Waals surface area (Å²) >= 11 is 0. The smallest absolute Gasteiger partial charge is 0.317 e. The second-order valence-electron chi connectivity index (χ2n) is 7.37. The van der Waals surface area contributed by atoms with Crippen molar-refractivity contribution >= 4 is 6.03 Å².